The first-order valence-corrected chi connectivity index (χ1v) is 6.56. The Morgan fingerprint density at radius 2 is 2.11 bits per heavy atom. The van der Waals surface area contributed by atoms with E-state index in [1.807, 2.05) is 31.2 Å². The summed E-state index contributed by atoms with van der Waals surface area (Å²) >= 11 is 0. The molecule has 0 bridgehead atoms. The summed E-state index contributed by atoms with van der Waals surface area (Å²) in [6.45, 7) is 5.31. The molecule has 0 heterocycles. The second-order valence-corrected chi connectivity index (χ2v) is 4.65. The van der Waals surface area contributed by atoms with Crippen molar-refractivity contribution < 1.29 is 9.47 Å². The molecule has 0 aliphatic carbocycles. The predicted molar refractivity (Wildman–Crippen MR) is 75.4 cm³/mol. The second kappa shape index (κ2) is 7.65. The van der Waals surface area contributed by atoms with E-state index in [0.717, 1.165) is 24.5 Å². The molecule has 0 fully saturated rings. The van der Waals surface area contributed by atoms with Crippen LogP contribution in [0, 0.1) is 11.3 Å². The molecule has 0 amide bonds. The number of methoxy groups -OCH3 is 1. The molecule has 0 saturated carbocycles. The van der Waals surface area contributed by atoms with Crippen LogP contribution in [0.3, 0.4) is 0 Å². The van der Waals surface area contributed by atoms with E-state index in [1.165, 1.54) is 0 Å². The normalized spacial score (nSPS) is 13.4. The van der Waals surface area contributed by atoms with E-state index in [4.69, 9.17) is 9.47 Å². The minimum Gasteiger partial charge on any atom is -0.497 e. The van der Waals surface area contributed by atoms with Gasteiger partial charge < -0.3 is 9.47 Å². The minimum absolute atomic E-state index is 0.494. The van der Waals surface area contributed by atoms with Crippen LogP contribution in [0.4, 0.5) is 0 Å². The summed E-state index contributed by atoms with van der Waals surface area (Å²) in [5.41, 5.74) is -0.533. The van der Waals surface area contributed by atoms with Gasteiger partial charge in [0.1, 0.15) is 17.0 Å². The molecule has 19 heavy (non-hydrogen) atoms. The molecule has 1 N–H and O–H groups in total. The minimum atomic E-state index is -0.533. The van der Waals surface area contributed by atoms with E-state index in [2.05, 4.69) is 18.3 Å². The summed E-state index contributed by atoms with van der Waals surface area (Å²) in [5, 5.41) is 12.4. The van der Waals surface area contributed by atoms with Gasteiger partial charge in [-0.3, -0.25) is 5.32 Å². The fraction of sp³-hybridized carbons (Fsp3) is 0.533. The van der Waals surface area contributed by atoms with Gasteiger partial charge in [0.05, 0.1) is 19.8 Å². The quantitative estimate of drug-likeness (QED) is 0.782. The molecule has 0 aliphatic heterocycles. The Morgan fingerprint density at radius 1 is 1.37 bits per heavy atom. The van der Waals surface area contributed by atoms with Gasteiger partial charge in [-0.15, -0.1) is 0 Å². The smallest absolute Gasteiger partial charge is 0.122 e. The van der Waals surface area contributed by atoms with Crippen LogP contribution in [0.25, 0.3) is 0 Å². The number of nitriles is 1. The Hall–Kier alpha value is -1.73. The summed E-state index contributed by atoms with van der Waals surface area (Å²) in [5.74, 6) is 1.53. The molecule has 1 unspecified atom stereocenters. The zero-order valence-corrected chi connectivity index (χ0v) is 11.9. The zero-order chi connectivity index (χ0) is 14.1. The average Bonchev–Trinajstić information content (AvgIpc) is 2.45. The van der Waals surface area contributed by atoms with Gasteiger partial charge in [0.25, 0.3) is 0 Å². The predicted octanol–water partition coefficient (Wildman–Crippen LogP) is 2.75. The molecule has 0 saturated heterocycles. The molecule has 1 atom stereocenters. The third kappa shape index (κ3) is 5.19. The number of rotatable bonds is 8. The molecule has 4 nitrogen and oxygen atoms in total. The molecule has 0 aliphatic rings. The molecule has 0 spiro atoms. The molecule has 104 valence electrons. The van der Waals surface area contributed by atoms with Gasteiger partial charge in [0.2, 0.25) is 0 Å². The molecule has 0 aromatic heterocycles. The van der Waals surface area contributed by atoms with E-state index in [1.54, 1.807) is 7.11 Å². The number of ether oxygens (including phenoxy) is 2. The maximum atomic E-state index is 9.20. The fourth-order valence-corrected chi connectivity index (χ4v) is 1.65. The van der Waals surface area contributed by atoms with Crippen molar-refractivity contribution in [3.8, 4) is 17.6 Å². The molecule has 4 heteroatoms. The highest BCUT2D eigenvalue weighted by molar-refractivity contribution is 5.32. The number of hydrogen-bond acceptors (Lipinski definition) is 4. The number of benzene rings is 1. The lowest BCUT2D eigenvalue weighted by Crippen LogP contribution is -2.42. The summed E-state index contributed by atoms with van der Waals surface area (Å²) in [7, 11) is 1.63. The van der Waals surface area contributed by atoms with Crippen molar-refractivity contribution in [2.45, 2.75) is 32.2 Å². The van der Waals surface area contributed by atoms with Crippen LogP contribution in [0.5, 0.6) is 11.5 Å². The first kappa shape index (κ1) is 15.3. The van der Waals surface area contributed by atoms with Crippen molar-refractivity contribution >= 4 is 0 Å². The Morgan fingerprint density at radius 3 is 2.74 bits per heavy atom. The molecule has 1 aromatic carbocycles. The van der Waals surface area contributed by atoms with Crippen molar-refractivity contribution in [3.05, 3.63) is 24.3 Å². The average molecular weight is 262 g/mol. The van der Waals surface area contributed by atoms with Crippen LogP contribution in [0.15, 0.2) is 24.3 Å². The largest absolute Gasteiger partial charge is 0.497 e. The van der Waals surface area contributed by atoms with Crippen molar-refractivity contribution in [2.75, 3.05) is 20.3 Å². The van der Waals surface area contributed by atoms with Gasteiger partial charge in [-0.2, -0.15) is 5.26 Å². The van der Waals surface area contributed by atoms with Gasteiger partial charge in [-0.05, 0) is 32.0 Å². The Bertz CT molecular complexity index is 428. The maximum absolute atomic E-state index is 9.20. The van der Waals surface area contributed by atoms with E-state index < -0.39 is 5.54 Å². The monoisotopic (exact) mass is 262 g/mol. The zero-order valence-electron chi connectivity index (χ0n) is 11.9. The van der Waals surface area contributed by atoms with Crippen LogP contribution in [-0.4, -0.2) is 25.8 Å². The maximum Gasteiger partial charge on any atom is 0.122 e. The van der Waals surface area contributed by atoms with E-state index in [0.29, 0.717) is 13.0 Å². The van der Waals surface area contributed by atoms with Gasteiger partial charge in [-0.25, -0.2) is 0 Å². The van der Waals surface area contributed by atoms with Crippen LogP contribution >= 0.6 is 0 Å². The molecule has 1 aromatic rings. The van der Waals surface area contributed by atoms with E-state index >= 15 is 0 Å². The molecular weight excluding hydrogens is 240 g/mol. The highest BCUT2D eigenvalue weighted by atomic mass is 16.5. The Kier molecular flexibility index (Phi) is 6.17. The van der Waals surface area contributed by atoms with Gasteiger partial charge in [-0.1, -0.05) is 13.0 Å². The van der Waals surface area contributed by atoms with Gasteiger partial charge in [0.15, 0.2) is 0 Å². The van der Waals surface area contributed by atoms with Crippen molar-refractivity contribution in [2.24, 2.45) is 0 Å². The third-order valence-corrected chi connectivity index (χ3v) is 2.92. The summed E-state index contributed by atoms with van der Waals surface area (Å²) < 4.78 is 10.8. The highest BCUT2D eigenvalue weighted by Crippen LogP contribution is 2.19. The van der Waals surface area contributed by atoms with Crippen LogP contribution in [0.2, 0.25) is 0 Å². The first-order chi connectivity index (χ1) is 9.13. The molecular formula is C15H22N2O2. The first-order valence-electron chi connectivity index (χ1n) is 6.56. The summed E-state index contributed by atoms with van der Waals surface area (Å²) in [4.78, 5) is 0. The van der Waals surface area contributed by atoms with Crippen molar-refractivity contribution in [1.29, 1.82) is 5.26 Å². The topological polar surface area (TPSA) is 54.3 Å². The van der Waals surface area contributed by atoms with Gasteiger partial charge in [0, 0.05) is 12.5 Å². The third-order valence-electron chi connectivity index (χ3n) is 2.92. The number of nitrogens with zero attached hydrogens (tertiary/aromatic N) is 1. The lowest BCUT2D eigenvalue weighted by molar-refractivity contribution is 0.266. The lowest BCUT2D eigenvalue weighted by Gasteiger charge is -2.23. The Labute approximate surface area is 115 Å². The van der Waals surface area contributed by atoms with Crippen molar-refractivity contribution in [3.63, 3.8) is 0 Å². The summed E-state index contributed by atoms with van der Waals surface area (Å²) in [6.07, 6.45) is 1.65. The molecule has 1 rings (SSSR count). The second-order valence-electron chi connectivity index (χ2n) is 4.65. The molecule has 0 radical (unpaired) electrons. The Balaban J connectivity index is 2.45. The van der Waals surface area contributed by atoms with Crippen molar-refractivity contribution in [1.82, 2.24) is 5.32 Å². The number of hydrogen-bond donors (Lipinski definition) is 1. The van der Waals surface area contributed by atoms with Crippen LogP contribution in [-0.2, 0) is 0 Å². The number of nitrogens with one attached hydrogen (secondary N) is 1. The van der Waals surface area contributed by atoms with E-state index in [9.17, 15) is 5.26 Å². The van der Waals surface area contributed by atoms with E-state index in [-0.39, 0.29) is 0 Å². The summed E-state index contributed by atoms with van der Waals surface area (Å²) in [6, 6.07) is 9.78. The standard InChI is InChI=1S/C15H22N2O2/c1-4-9-17-15(2,12-16)8-10-19-14-7-5-6-13(11-14)18-3/h5-7,11,17H,4,8-10H2,1-3H3. The highest BCUT2D eigenvalue weighted by Gasteiger charge is 2.22. The van der Waals surface area contributed by atoms with Gasteiger partial charge >= 0.3 is 0 Å². The van der Waals surface area contributed by atoms with Crippen LogP contribution in [0.1, 0.15) is 26.7 Å². The lowest BCUT2D eigenvalue weighted by atomic mass is 10.0. The SMILES string of the molecule is CCCNC(C)(C#N)CCOc1cccc(OC)c1. The fourth-order valence-electron chi connectivity index (χ4n) is 1.65. The van der Waals surface area contributed by atoms with Crippen LogP contribution < -0.4 is 14.8 Å².